The molecular formula is C22H19FN2O5. The van der Waals surface area contributed by atoms with E-state index in [1.807, 2.05) is 0 Å². The number of esters is 1. The van der Waals surface area contributed by atoms with Crippen molar-refractivity contribution in [1.82, 2.24) is 9.80 Å². The first-order valence-electron chi connectivity index (χ1n) is 9.09. The molecule has 0 aromatic heterocycles. The highest BCUT2D eigenvalue weighted by molar-refractivity contribution is 6.22. The minimum atomic E-state index is -0.812. The second kappa shape index (κ2) is 8.69. The smallest absolute Gasteiger partial charge is 0.338 e. The van der Waals surface area contributed by atoms with Gasteiger partial charge in [0.15, 0.2) is 6.61 Å². The van der Waals surface area contributed by atoms with Crippen molar-refractivity contribution >= 4 is 23.7 Å². The zero-order chi connectivity index (χ0) is 21.8. The summed E-state index contributed by atoms with van der Waals surface area (Å²) in [5.41, 5.74) is 0.670. The number of carbonyl (C=O) groups is 4. The third-order valence-electron chi connectivity index (χ3n) is 4.64. The summed E-state index contributed by atoms with van der Waals surface area (Å²) in [7, 11) is 1.47. The van der Waals surface area contributed by atoms with Gasteiger partial charge in [-0.3, -0.25) is 19.3 Å². The number of rotatable bonds is 7. The Balaban J connectivity index is 1.63. The lowest BCUT2D eigenvalue weighted by molar-refractivity contribution is -0.133. The minimum absolute atomic E-state index is 0.0255. The maximum atomic E-state index is 13.7. The minimum Gasteiger partial charge on any atom is -0.452 e. The number of ether oxygens (including phenoxy) is 1. The summed E-state index contributed by atoms with van der Waals surface area (Å²) in [6.45, 7) is 3.06. The maximum Gasteiger partial charge on any atom is 0.338 e. The third kappa shape index (κ3) is 4.12. The molecule has 8 heteroatoms. The molecule has 2 aromatic carbocycles. The molecule has 7 nitrogen and oxygen atoms in total. The molecule has 3 amide bonds. The van der Waals surface area contributed by atoms with Gasteiger partial charge >= 0.3 is 5.97 Å². The van der Waals surface area contributed by atoms with E-state index in [0.29, 0.717) is 5.56 Å². The third-order valence-corrected chi connectivity index (χ3v) is 4.64. The predicted octanol–water partition coefficient (Wildman–Crippen LogP) is 2.42. The van der Waals surface area contributed by atoms with Crippen molar-refractivity contribution in [3.63, 3.8) is 0 Å². The summed E-state index contributed by atoms with van der Waals surface area (Å²) >= 11 is 0. The van der Waals surface area contributed by atoms with Crippen molar-refractivity contribution in [3.8, 4) is 0 Å². The molecule has 0 bridgehead atoms. The molecule has 0 saturated carbocycles. The fourth-order valence-electron chi connectivity index (χ4n) is 3.00. The number of benzene rings is 2. The summed E-state index contributed by atoms with van der Waals surface area (Å²) in [6.07, 6.45) is 1.43. The molecule has 3 rings (SSSR count). The monoisotopic (exact) mass is 410 g/mol. The molecule has 1 aliphatic rings. The van der Waals surface area contributed by atoms with Crippen molar-refractivity contribution in [2.45, 2.75) is 6.54 Å². The van der Waals surface area contributed by atoms with Gasteiger partial charge in [0, 0.05) is 25.7 Å². The van der Waals surface area contributed by atoms with Gasteiger partial charge in [-0.2, -0.15) is 0 Å². The highest BCUT2D eigenvalue weighted by Crippen LogP contribution is 2.24. The molecular weight excluding hydrogens is 391 g/mol. The van der Waals surface area contributed by atoms with Crippen LogP contribution in [0.25, 0.3) is 0 Å². The largest absolute Gasteiger partial charge is 0.452 e. The van der Waals surface area contributed by atoms with Crippen LogP contribution in [0.5, 0.6) is 0 Å². The van der Waals surface area contributed by atoms with Crippen molar-refractivity contribution in [2.75, 3.05) is 20.2 Å². The van der Waals surface area contributed by atoms with E-state index in [9.17, 15) is 23.6 Å². The number of carbonyl (C=O) groups excluding carboxylic acids is 4. The molecule has 2 aromatic rings. The Kier molecular flexibility index (Phi) is 6.06. The van der Waals surface area contributed by atoms with Crippen LogP contribution in [-0.4, -0.2) is 53.7 Å². The zero-order valence-electron chi connectivity index (χ0n) is 16.3. The van der Waals surface area contributed by atoms with E-state index in [-0.39, 0.29) is 29.8 Å². The van der Waals surface area contributed by atoms with Gasteiger partial charge in [-0.25, -0.2) is 9.18 Å². The fourth-order valence-corrected chi connectivity index (χ4v) is 3.00. The summed E-state index contributed by atoms with van der Waals surface area (Å²) in [5.74, 6) is -2.74. The molecule has 0 unspecified atom stereocenters. The number of imide groups is 1. The van der Waals surface area contributed by atoms with Gasteiger partial charge in [0.1, 0.15) is 5.82 Å². The lowest BCUT2D eigenvalue weighted by Crippen LogP contribution is -2.31. The van der Waals surface area contributed by atoms with Gasteiger partial charge in [0.2, 0.25) is 0 Å². The van der Waals surface area contributed by atoms with Crippen LogP contribution in [0, 0.1) is 5.82 Å². The molecule has 0 atom stereocenters. The van der Waals surface area contributed by atoms with E-state index in [0.717, 1.165) is 4.90 Å². The highest BCUT2D eigenvalue weighted by Gasteiger charge is 2.35. The van der Waals surface area contributed by atoms with Gasteiger partial charge in [-0.05, 0) is 24.3 Å². The highest BCUT2D eigenvalue weighted by atomic mass is 19.1. The van der Waals surface area contributed by atoms with Crippen LogP contribution < -0.4 is 0 Å². The molecule has 1 heterocycles. The molecule has 30 heavy (non-hydrogen) atoms. The molecule has 1 aliphatic heterocycles. The Morgan fingerprint density at radius 3 is 2.53 bits per heavy atom. The van der Waals surface area contributed by atoms with E-state index in [1.54, 1.807) is 18.2 Å². The number of fused-ring (bicyclic) bond motifs is 1. The summed E-state index contributed by atoms with van der Waals surface area (Å²) in [6, 6.07) is 10.1. The Labute approximate surface area is 172 Å². The Hall–Kier alpha value is -3.81. The summed E-state index contributed by atoms with van der Waals surface area (Å²) in [4.78, 5) is 51.3. The Morgan fingerprint density at radius 1 is 1.13 bits per heavy atom. The van der Waals surface area contributed by atoms with E-state index >= 15 is 0 Å². The molecule has 0 radical (unpaired) electrons. The predicted molar refractivity (Wildman–Crippen MR) is 105 cm³/mol. The Morgan fingerprint density at radius 2 is 1.83 bits per heavy atom. The molecule has 0 aliphatic carbocycles. The van der Waals surface area contributed by atoms with Crippen molar-refractivity contribution in [3.05, 3.63) is 83.2 Å². The van der Waals surface area contributed by atoms with E-state index < -0.39 is 36.1 Å². The standard InChI is InChI=1S/C22H19FN2O5/c1-3-10-25-20(27)16-9-8-14(11-17(16)21(25)28)22(29)30-13-19(26)24(2)12-15-6-4-5-7-18(15)23/h3-9,11H,1,10,12-13H2,2H3. The van der Waals surface area contributed by atoms with Crippen molar-refractivity contribution in [2.24, 2.45) is 0 Å². The quantitative estimate of drug-likeness (QED) is 0.398. The Bertz CT molecular complexity index is 1050. The van der Waals surface area contributed by atoms with Gasteiger partial charge in [-0.15, -0.1) is 6.58 Å². The first-order valence-corrected chi connectivity index (χ1v) is 9.09. The van der Waals surface area contributed by atoms with E-state index in [4.69, 9.17) is 4.74 Å². The maximum absolute atomic E-state index is 13.7. The van der Waals surface area contributed by atoms with Crippen LogP contribution in [0.3, 0.4) is 0 Å². The van der Waals surface area contributed by atoms with Crippen LogP contribution >= 0.6 is 0 Å². The van der Waals surface area contributed by atoms with Gasteiger partial charge in [0.25, 0.3) is 17.7 Å². The molecule has 0 saturated heterocycles. The van der Waals surface area contributed by atoms with Crippen LogP contribution in [0.1, 0.15) is 36.6 Å². The SMILES string of the molecule is C=CCN1C(=O)c2ccc(C(=O)OCC(=O)N(C)Cc3ccccc3F)cc2C1=O. The number of nitrogens with zero attached hydrogens (tertiary/aromatic N) is 2. The van der Waals surface area contributed by atoms with Crippen LogP contribution in [0.2, 0.25) is 0 Å². The second-order valence-corrected chi connectivity index (χ2v) is 6.69. The fraction of sp³-hybridized carbons (Fsp3) is 0.182. The van der Waals surface area contributed by atoms with Gasteiger partial charge in [0.05, 0.1) is 16.7 Å². The van der Waals surface area contributed by atoms with Crippen LogP contribution in [0.15, 0.2) is 55.1 Å². The number of hydrogen-bond donors (Lipinski definition) is 0. The molecule has 0 N–H and O–H groups in total. The topological polar surface area (TPSA) is 84.0 Å². The number of amides is 3. The van der Waals surface area contributed by atoms with Crippen molar-refractivity contribution in [1.29, 1.82) is 0 Å². The molecule has 0 fully saturated rings. The normalized spacial score (nSPS) is 12.5. The number of likely N-dealkylation sites (N-methyl/N-ethyl adjacent to an activating group) is 1. The zero-order valence-corrected chi connectivity index (χ0v) is 16.3. The number of hydrogen-bond acceptors (Lipinski definition) is 5. The lowest BCUT2D eigenvalue weighted by atomic mass is 10.1. The molecule has 154 valence electrons. The van der Waals surface area contributed by atoms with Crippen molar-refractivity contribution < 1.29 is 28.3 Å². The lowest BCUT2D eigenvalue weighted by Gasteiger charge is -2.17. The van der Waals surface area contributed by atoms with Gasteiger partial charge < -0.3 is 9.64 Å². The second-order valence-electron chi connectivity index (χ2n) is 6.69. The summed E-state index contributed by atoms with van der Waals surface area (Å²) < 4.78 is 18.7. The van der Waals surface area contributed by atoms with Gasteiger partial charge in [-0.1, -0.05) is 24.3 Å². The average Bonchev–Trinajstić information content (AvgIpc) is 2.98. The average molecular weight is 410 g/mol. The van der Waals surface area contributed by atoms with E-state index in [1.165, 1.54) is 42.3 Å². The first kappa shape index (κ1) is 20.9. The number of halogens is 1. The molecule has 0 spiro atoms. The van der Waals surface area contributed by atoms with Crippen LogP contribution in [0.4, 0.5) is 4.39 Å². The summed E-state index contributed by atoms with van der Waals surface area (Å²) in [5, 5.41) is 0. The van der Waals surface area contributed by atoms with Crippen LogP contribution in [-0.2, 0) is 16.1 Å². The first-order chi connectivity index (χ1) is 14.3. The van der Waals surface area contributed by atoms with E-state index in [2.05, 4.69) is 6.58 Å².